The lowest BCUT2D eigenvalue weighted by atomic mass is 10.1. The van der Waals surface area contributed by atoms with Crippen molar-refractivity contribution in [2.24, 2.45) is 5.92 Å². The van der Waals surface area contributed by atoms with E-state index < -0.39 is 46.1 Å². The van der Waals surface area contributed by atoms with Crippen LogP contribution in [0.2, 0.25) is 0 Å². The monoisotopic (exact) mass is 557 g/mol. The summed E-state index contributed by atoms with van der Waals surface area (Å²) in [5.41, 5.74) is 0.247. The van der Waals surface area contributed by atoms with E-state index in [1.165, 1.54) is 71.6 Å². The molecular weight excluding hydrogens is 524 g/mol. The first-order valence-electron chi connectivity index (χ1n) is 12.7. The van der Waals surface area contributed by atoms with Crippen LogP contribution in [0.15, 0.2) is 83.8 Å². The Morgan fingerprint density at radius 2 is 1.51 bits per heavy atom. The van der Waals surface area contributed by atoms with Crippen LogP contribution < -0.4 is 9.62 Å². The van der Waals surface area contributed by atoms with Crippen LogP contribution in [0.1, 0.15) is 32.8 Å². The standard InChI is InChI=1S/C29H33F2N3O4S/c1-4-26(29(36)32-18-21(2)3)33(19-22-14-16-23(30)17-15-22)28(35)20-34(27-13-9-8-12-25(27)31)39(37,38)24-10-6-5-7-11-24/h5-17,21,26H,4,18-20H2,1-3H3,(H,32,36)/t26-/m0/s1. The summed E-state index contributed by atoms with van der Waals surface area (Å²) in [6.07, 6.45) is 0.238. The number of nitrogens with zero attached hydrogens (tertiary/aromatic N) is 2. The highest BCUT2D eigenvalue weighted by molar-refractivity contribution is 7.92. The third-order valence-corrected chi connectivity index (χ3v) is 7.84. The van der Waals surface area contributed by atoms with E-state index in [0.29, 0.717) is 12.1 Å². The lowest BCUT2D eigenvalue weighted by Crippen LogP contribution is -2.52. The molecular formula is C29H33F2N3O4S. The normalized spacial score (nSPS) is 12.2. The Morgan fingerprint density at radius 1 is 0.897 bits per heavy atom. The van der Waals surface area contributed by atoms with Crippen molar-refractivity contribution in [1.29, 1.82) is 0 Å². The lowest BCUT2D eigenvalue weighted by molar-refractivity contribution is -0.140. The van der Waals surface area contributed by atoms with Crippen LogP contribution in [-0.4, -0.2) is 44.3 Å². The Hall–Kier alpha value is -3.79. The van der Waals surface area contributed by atoms with Gasteiger partial charge in [-0.25, -0.2) is 17.2 Å². The molecule has 7 nitrogen and oxygen atoms in total. The van der Waals surface area contributed by atoms with E-state index in [0.717, 1.165) is 10.4 Å². The molecule has 0 fully saturated rings. The van der Waals surface area contributed by atoms with Crippen molar-refractivity contribution in [3.63, 3.8) is 0 Å². The van der Waals surface area contributed by atoms with Crippen LogP contribution in [0.25, 0.3) is 0 Å². The van der Waals surface area contributed by atoms with E-state index in [1.807, 2.05) is 13.8 Å². The number of benzene rings is 3. The maximum absolute atomic E-state index is 14.9. The molecule has 0 aliphatic carbocycles. The van der Waals surface area contributed by atoms with E-state index in [-0.39, 0.29) is 29.5 Å². The molecule has 3 aromatic carbocycles. The van der Waals surface area contributed by atoms with Crippen LogP contribution in [0.3, 0.4) is 0 Å². The van der Waals surface area contributed by atoms with Gasteiger partial charge in [-0.15, -0.1) is 0 Å². The predicted octanol–water partition coefficient (Wildman–Crippen LogP) is 4.74. The van der Waals surface area contributed by atoms with Crippen molar-refractivity contribution in [3.05, 3.63) is 96.1 Å². The Balaban J connectivity index is 2.04. The number of carbonyl (C=O) groups excluding carboxylic acids is 2. The van der Waals surface area contributed by atoms with Crippen molar-refractivity contribution >= 4 is 27.5 Å². The smallest absolute Gasteiger partial charge is 0.264 e. The number of halogens is 2. The molecule has 1 atom stereocenters. The van der Waals surface area contributed by atoms with Crippen molar-refractivity contribution in [3.8, 4) is 0 Å². The Kier molecular flexibility index (Phi) is 10.2. The van der Waals surface area contributed by atoms with E-state index >= 15 is 0 Å². The predicted molar refractivity (Wildman–Crippen MR) is 146 cm³/mol. The van der Waals surface area contributed by atoms with Gasteiger partial charge in [-0.05, 0) is 54.3 Å². The topological polar surface area (TPSA) is 86.8 Å². The highest BCUT2D eigenvalue weighted by atomic mass is 32.2. The van der Waals surface area contributed by atoms with Crippen LogP contribution in [0.5, 0.6) is 0 Å². The second kappa shape index (κ2) is 13.3. The number of hydrogen-bond donors (Lipinski definition) is 1. The summed E-state index contributed by atoms with van der Waals surface area (Å²) < 4.78 is 56.5. The number of para-hydroxylation sites is 1. The SMILES string of the molecule is CC[C@@H](C(=O)NCC(C)C)N(Cc1ccc(F)cc1)C(=O)CN(c1ccccc1F)S(=O)(=O)c1ccccc1. The molecule has 39 heavy (non-hydrogen) atoms. The first-order valence-corrected chi connectivity index (χ1v) is 14.1. The summed E-state index contributed by atoms with van der Waals surface area (Å²) in [7, 11) is -4.36. The molecule has 0 unspecified atom stereocenters. The molecule has 0 bridgehead atoms. The zero-order valence-electron chi connectivity index (χ0n) is 22.2. The quantitative estimate of drug-likeness (QED) is 0.349. The largest absolute Gasteiger partial charge is 0.354 e. The fraction of sp³-hybridized carbons (Fsp3) is 0.310. The van der Waals surface area contributed by atoms with Crippen LogP contribution in [-0.2, 0) is 26.2 Å². The number of hydrogen-bond acceptors (Lipinski definition) is 4. The summed E-state index contributed by atoms with van der Waals surface area (Å²) >= 11 is 0. The molecule has 1 N–H and O–H groups in total. The van der Waals surface area contributed by atoms with Gasteiger partial charge in [-0.2, -0.15) is 0 Å². The zero-order chi connectivity index (χ0) is 28.6. The number of sulfonamides is 1. The summed E-state index contributed by atoms with van der Waals surface area (Å²) in [5.74, 6) is -2.23. The lowest BCUT2D eigenvalue weighted by Gasteiger charge is -2.33. The van der Waals surface area contributed by atoms with E-state index in [9.17, 15) is 26.8 Å². The minimum absolute atomic E-state index is 0.0801. The van der Waals surface area contributed by atoms with Crippen molar-refractivity contribution in [2.45, 2.75) is 44.7 Å². The number of amides is 2. The summed E-state index contributed by atoms with van der Waals surface area (Å²) in [6.45, 7) is 5.15. The number of rotatable bonds is 12. The van der Waals surface area contributed by atoms with Gasteiger partial charge in [0, 0.05) is 13.1 Å². The van der Waals surface area contributed by atoms with Gasteiger partial charge in [0.2, 0.25) is 11.8 Å². The Labute approximate surface area is 228 Å². The Morgan fingerprint density at radius 3 is 2.10 bits per heavy atom. The number of anilines is 1. The van der Waals surface area contributed by atoms with Crippen molar-refractivity contribution in [1.82, 2.24) is 10.2 Å². The third kappa shape index (κ3) is 7.63. The molecule has 2 amide bonds. The number of carbonyl (C=O) groups is 2. The van der Waals surface area contributed by atoms with Crippen LogP contribution in [0.4, 0.5) is 14.5 Å². The second-order valence-corrected chi connectivity index (χ2v) is 11.3. The summed E-state index contributed by atoms with van der Waals surface area (Å²) in [4.78, 5) is 28.2. The molecule has 0 spiro atoms. The molecule has 0 saturated heterocycles. The molecule has 0 radical (unpaired) electrons. The molecule has 3 aromatic rings. The molecule has 0 aromatic heterocycles. The second-order valence-electron chi connectivity index (χ2n) is 9.49. The first kappa shape index (κ1) is 29.8. The Bertz CT molecular complexity index is 1370. The van der Waals surface area contributed by atoms with Gasteiger partial charge in [-0.1, -0.05) is 63.2 Å². The summed E-state index contributed by atoms with van der Waals surface area (Å²) in [6, 6.07) is 17.2. The minimum Gasteiger partial charge on any atom is -0.354 e. The van der Waals surface area contributed by atoms with Gasteiger partial charge < -0.3 is 10.2 Å². The van der Waals surface area contributed by atoms with Gasteiger partial charge in [0.25, 0.3) is 10.0 Å². The minimum atomic E-state index is -4.36. The average Bonchev–Trinajstić information content (AvgIpc) is 2.92. The maximum atomic E-state index is 14.9. The van der Waals surface area contributed by atoms with E-state index in [4.69, 9.17) is 0 Å². The van der Waals surface area contributed by atoms with Crippen molar-refractivity contribution < 1.29 is 26.8 Å². The maximum Gasteiger partial charge on any atom is 0.264 e. The highest BCUT2D eigenvalue weighted by Gasteiger charge is 2.34. The van der Waals surface area contributed by atoms with Crippen LogP contribution in [0, 0.1) is 17.6 Å². The highest BCUT2D eigenvalue weighted by Crippen LogP contribution is 2.27. The van der Waals surface area contributed by atoms with Gasteiger partial charge in [0.15, 0.2) is 0 Å². The molecule has 0 aliphatic rings. The fourth-order valence-corrected chi connectivity index (χ4v) is 5.46. The van der Waals surface area contributed by atoms with E-state index in [1.54, 1.807) is 13.0 Å². The summed E-state index contributed by atoms with van der Waals surface area (Å²) in [5, 5.41) is 2.83. The molecule has 0 heterocycles. The average molecular weight is 558 g/mol. The van der Waals surface area contributed by atoms with Gasteiger partial charge in [-0.3, -0.25) is 13.9 Å². The molecule has 10 heteroatoms. The first-order chi connectivity index (χ1) is 18.5. The van der Waals surface area contributed by atoms with Gasteiger partial charge in [0.05, 0.1) is 10.6 Å². The third-order valence-electron chi connectivity index (χ3n) is 6.07. The van der Waals surface area contributed by atoms with Crippen LogP contribution >= 0.6 is 0 Å². The van der Waals surface area contributed by atoms with Gasteiger partial charge in [0.1, 0.15) is 24.2 Å². The molecule has 0 aliphatic heterocycles. The zero-order valence-corrected chi connectivity index (χ0v) is 23.0. The molecule has 208 valence electrons. The van der Waals surface area contributed by atoms with E-state index in [2.05, 4.69) is 5.32 Å². The van der Waals surface area contributed by atoms with Crippen molar-refractivity contribution in [2.75, 3.05) is 17.4 Å². The molecule has 3 rings (SSSR count). The number of nitrogens with one attached hydrogen (secondary N) is 1. The van der Waals surface area contributed by atoms with Gasteiger partial charge >= 0.3 is 0 Å². The fourth-order valence-electron chi connectivity index (χ4n) is 4.02. The molecule has 0 saturated carbocycles.